The van der Waals surface area contributed by atoms with Crippen LogP contribution < -0.4 is 16.0 Å². The van der Waals surface area contributed by atoms with E-state index >= 15 is 0 Å². The summed E-state index contributed by atoms with van der Waals surface area (Å²) in [5, 5.41) is 9.70. The van der Waals surface area contributed by atoms with Crippen molar-refractivity contribution in [3.63, 3.8) is 0 Å². The molecule has 1 atom stereocenters. The number of aromatic nitrogens is 5. The summed E-state index contributed by atoms with van der Waals surface area (Å²) < 4.78 is 5.59. The van der Waals surface area contributed by atoms with Crippen LogP contribution in [0.3, 0.4) is 0 Å². The first kappa shape index (κ1) is 25.8. The number of benzene rings is 1. The number of aryl methyl sites for hydroxylation is 1. The molecule has 4 aromatic rings. The Morgan fingerprint density at radius 3 is 2.55 bits per heavy atom. The van der Waals surface area contributed by atoms with Crippen LogP contribution in [0.15, 0.2) is 67.0 Å². The van der Waals surface area contributed by atoms with Crippen LogP contribution >= 0.6 is 0 Å². The second-order valence-electron chi connectivity index (χ2n) is 10.1. The quantitative estimate of drug-likeness (QED) is 0.271. The highest BCUT2D eigenvalue weighted by Gasteiger charge is 2.35. The fraction of sp³-hybridized carbons (Fsp3) is 0.310. The molecule has 40 heavy (non-hydrogen) atoms. The summed E-state index contributed by atoms with van der Waals surface area (Å²) in [4.78, 5) is 36.9. The number of ether oxygens (including phenoxy) is 1. The molecule has 204 valence electrons. The van der Waals surface area contributed by atoms with E-state index in [0.717, 1.165) is 50.5 Å². The summed E-state index contributed by atoms with van der Waals surface area (Å²) in [6.07, 6.45) is 4.31. The molecule has 0 spiro atoms. The molecule has 0 saturated carbocycles. The maximum absolute atomic E-state index is 12.3. The number of carbonyl (C=O) groups is 1. The van der Waals surface area contributed by atoms with Crippen molar-refractivity contribution < 1.29 is 9.53 Å². The second-order valence-corrected chi connectivity index (χ2v) is 10.1. The molecular weight excluding hydrogens is 506 g/mol. The number of pyridine rings is 1. The van der Waals surface area contributed by atoms with Crippen molar-refractivity contribution in [2.75, 3.05) is 36.8 Å². The van der Waals surface area contributed by atoms with Crippen molar-refractivity contribution in [2.24, 2.45) is 5.92 Å². The number of rotatable bonds is 9. The number of nitrogens with zero attached hydrogens (tertiary/aromatic N) is 6. The van der Waals surface area contributed by atoms with Crippen LogP contribution in [0.25, 0.3) is 11.5 Å². The minimum atomic E-state index is -0.0651. The van der Waals surface area contributed by atoms with E-state index < -0.39 is 0 Å². The summed E-state index contributed by atoms with van der Waals surface area (Å²) >= 11 is 0. The second kappa shape index (κ2) is 11.7. The lowest BCUT2D eigenvalue weighted by Crippen LogP contribution is -2.50. The maximum Gasteiger partial charge on any atom is 0.311 e. The van der Waals surface area contributed by atoms with Gasteiger partial charge in [0.1, 0.15) is 23.4 Å². The van der Waals surface area contributed by atoms with E-state index in [2.05, 4.69) is 57.9 Å². The first-order chi connectivity index (χ1) is 19.6. The summed E-state index contributed by atoms with van der Waals surface area (Å²) in [5.74, 6) is 2.13. The van der Waals surface area contributed by atoms with Gasteiger partial charge in [-0.3, -0.25) is 9.69 Å². The van der Waals surface area contributed by atoms with E-state index in [1.165, 1.54) is 5.56 Å². The molecule has 3 aromatic heterocycles. The molecule has 2 saturated heterocycles. The largest absolute Gasteiger partial charge is 0.461 e. The van der Waals surface area contributed by atoms with Crippen LogP contribution in [0.1, 0.15) is 17.7 Å². The first-order valence-electron chi connectivity index (χ1n) is 13.4. The third-order valence-electron chi connectivity index (χ3n) is 6.89. The molecular formula is C29H31N9O2. The average Bonchev–Trinajstić information content (AvgIpc) is 3.45. The lowest BCUT2D eigenvalue weighted by atomic mass is 9.99. The van der Waals surface area contributed by atoms with Gasteiger partial charge >= 0.3 is 5.97 Å². The minimum absolute atomic E-state index is 0.0206. The van der Waals surface area contributed by atoms with Crippen LogP contribution in [0.2, 0.25) is 0 Å². The Hall–Kier alpha value is -4.48. The molecule has 2 fully saturated rings. The highest BCUT2D eigenvalue weighted by atomic mass is 16.5. The summed E-state index contributed by atoms with van der Waals surface area (Å²) in [6, 6.07) is 17.5. The van der Waals surface area contributed by atoms with Gasteiger partial charge in [0.15, 0.2) is 5.82 Å². The number of hydrogen-bond donors (Lipinski definition) is 3. The monoisotopic (exact) mass is 537 g/mol. The topological polar surface area (TPSA) is 130 Å². The SMILES string of the molecule is Cc1cccc(-c2nccc(Nc3ccnc(Nc4ccc(CN5CC(C(=O)O[C@@H]6CCNC6)C5)cc4)n3)n2)n1. The normalized spacial score (nSPS) is 17.3. The summed E-state index contributed by atoms with van der Waals surface area (Å²) in [6.45, 7) is 5.90. The van der Waals surface area contributed by atoms with Crippen molar-refractivity contribution in [3.8, 4) is 11.5 Å². The zero-order valence-electron chi connectivity index (χ0n) is 22.2. The average molecular weight is 538 g/mol. The highest BCUT2D eigenvalue weighted by Crippen LogP contribution is 2.23. The zero-order chi connectivity index (χ0) is 27.3. The Labute approximate surface area is 232 Å². The molecule has 0 aliphatic carbocycles. The first-order valence-corrected chi connectivity index (χ1v) is 13.4. The molecule has 11 heteroatoms. The number of nitrogens with one attached hydrogen (secondary N) is 3. The van der Waals surface area contributed by atoms with Gasteiger partial charge in [0.05, 0.1) is 5.92 Å². The Bertz CT molecular complexity index is 1470. The number of carbonyl (C=O) groups excluding carboxylic acids is 1. The van der Waals surface area contributed by atoms with E-state index in [4.69, 9.17) is 4.74 Å². The van der Waals surface area contributed by atoms with E-state index in [-0.39, 0.29) is 18.0 Å². The van der Waals surface area contributed by atoms with E-state index in [1.54, 1.807) is 24.5 Å². The van der Waals surface area contributed by atoms with Gasteiger partial charge in [-0.1, -0.05) is 18.2 Å². The van der Waals surface area contributed by atoms with Crippen molar-refractivity contribution in [1.29, 1.82) is 0 Å². The highest BCUT2D eigenvalue weighted by molar-refractivity contribution is 5.74. The van der Waals surface area contributed by atoms with Crippen LogP contribution in [-0.2, 0) is 16.1 Å². The molecule has 0 unspecified atom stereocenters. The fourth-order valence-electron chi connectivity index (χ4n) is 4.76. The van der Waals surface area contributed by atoms with Gasteiger partial charge in [0.2, 0.25) is 5.95 Å². The lowest BCUT2D eigenvalue weighted by Gasteiger charge is -2.38. The molecule has 11 nitrogen and oxygen atoms in total. The minimum Gasteiger partial charge on any atom is -0.461 e. The third-order valence-corrected chi connectivity index (χ3v) is 6.89. The number of likely N-dealkylation sites (tertiary alicyclic amines) is 1. The van der Waals surface area contributed by atoms with Crippen LogP contribution in [0.4, 0.5) is 23.3 Å². The van der Waals surface area contributed by atoms with Crippen molar-refractivity contribution in [1.82, 2.24) is 35.1 Å². The van der Waals surface area contributed by atoms with Gasteiger partial charge in [-0.25, -0.2) is 19.9 Å². The van der Waals surface area contributed by atoms with E-state index in [1.807, 2.05) is 37.3 Å². The molecule has 2 aliphatic rings. The molecule has 0 bridgehead atoms. The van der Waals surface area contributed by atoms with Gasteiger partial charge in [-0.15, -0.1) is 0 Å². The van der Waals surface area contributed by atoms with Crippen LogP contribution in [0, 0.1) is 12.8 Å². The molecule has 1 aromatic carbocycles. The predicted octanol–water partition coefficient (Wildman–Crippen LogP) is 3.46. The van der Waals surface area contributed by atoms with Gasteiger partial charge in [-0.05, 0) is 61.9 Å². The van der Waals surface area contributed by atoms with E-state index in [9.17, 15) is 4.79 Å². The Morgan fingerprint density at radius 2 is 1.77 bits per heavy atom. The van der Waals surface area contributed by atoms with E-state index in [0.29, 0.717) is 29.1 Å². The van der Waals surface area contributed by atoms with Crippen molar-refractivity contribution in [2.45, 2.75) is 26.0 Å². The number of anilines is 4. The number of esters is 1. The van der Waals surface area contributed by atoms with Gasteiger partial charge in [0, 0.05) is 50.0 Å². The molecule has 0 amide bonds. The lowest BCUT2D eigenvalue weighted by molar-refractivity contribution is -0.159. The molecule has 2 aliphatic heterocycles. The smallest absolute Gasteiger partial charge is 0.311 e. The fourth-order valence-corrected chi connectivity index (χ4v) is 4.76. The molecule has 3 N–H and O–H groups in total. The van der Waals surface area contributed by atoms with Gasteiger partial charge in [0.25, 0.3) is 0 Å². The van der Waals surface area contributed by atoms with Gasteiger partial charge < -0.3 is 20.7 Å². The van der Waals surface area contributed by atoms with Crippen LogP contribution in [-0.4, -0.2) is 68.1 Å². The molecule has 6 rings (SSSR count). The Morgan fingerprint density at radius 1 is 0.975 bits per heavy atom. The predicted molar refractivity (Wildman–Crippen MR) is 151 cm³/mol. The van der Waals surface area contributed by atoms with Crippen molar-refractivity contribution >= 4 is 29.2 Å². The Balaban J connectivity index is 1.01. The summed E-state index contributed by atoms with van der Waals surface area (Å²) in [7, 11) is 0. The zero-order valence-corrected chi connectivity index (χ0v) is 22.2. The third kappa shape index (κ3) is 6.38. The van der Waals surface area contributed by atoms with Crippen LogP contribution in [0.5, 0.6) is 0 Å². The Kier molecular flexibility index (Phi) is 7.56. The molecule has 5 heterocycles. The molecule has 0 radical (unpaired) electrons. The van der Waals surface area contributed by atoms with Crippen molar-refractivity contribution in [3.05, 3.63) is 78.2 Å². The maximum atomic E-state index is 12.3. The van der Waals surface area contributed by atoms with Gasteiger partial charge in [-0.2, -0.15) is 4.98 Å². The summed E-state index contributed by atoms with van der Waals surface area (Å²) in [5.41, 5.74) is 3.68. The standard InChI is InChI=1S/C29H31N9O2/c1-19-3-2-4-24(33-19)27-31-13-10-25(36-27)35-26-11-14-32-29(37-26)34-22-7-5-20(6-8-22)16-38-17-21(18-38)28(39)40-23-9-12-30-15-23/h2-8,10-11,13-14,21,23,30H,9,12,15-18H2,1H3,(H2,31,32,34,35,36,37)/t23-/m1/s1. The number of hydrogen-bond acceptors (Lipinski definition) is 11.